The molecule has 1 fully saturated rings. The molecule has 0 heterocycles. The van der Waals surface area contributed by atoms with E-state index < -0.39 is 0 Å². The number of rotatable bonds is 13. The summed E-state index contributed by atoms with van der Waals surface area (Å²) in [6, 6.07) is 0. The first kappa shape index (κ1) is 17.9. The van der Waals surface area contributed by atoms with E-state index in [-0.39, 0.29) is 0 Å². The first-order chi connectivity index (χ1) is 9.88. The van der Waals surface area contributed by atoms with Crippen LogP contribution in [0.25, 0.3) is 0 Å². The van der Waals surface area contributed by atoms with Gasteiger partial charge in [-0.1, -0.05) is 25.7 Å². The summed E-state index contributed by atoms with van der Waals surface area (Å²) >= 11 is 0. The third-order valence-electron chi connectivity index (χ3n) is 4.23. The van der Waals surface area contributed by atoms with Gasteiger partial charge in [0, 0.05) is 40.6 Å². The van der Waals surface area contributed by atoms with Gasteiger partial charge in [0.2, 0.25) is 0 Å². The molecule has 4 nitrogen and oxygen atoms in total. The number of hydrogen-bond acceptors (Lipinski definition) is 4. The van der Waals surface area contributed by atoms with Crippen LogP contribution in [0, 0.1) is 11.8 Å². The van der Waals surface area contributed by atoms with Gasteiger partial charge in [0.15, 0.2) is 0 Å². The Labute approximate surface area is 124 Å². The van der Waals surface area contributed by atoms with Crippen molar-refractivity contribution in [1.82, 2.24) is 5.32 Å². The number of methoxy groups -OCH3 is 2. The Bertz CT molecular complexity index is 208. The monoisotopic (exact) mass is 287 g/mol. The van der Waals surface area contributed by atoms with Crippen molar-refractivity contribution in [2.75, 3.05) is 53.7 Å². The van der Waals surface area contributed by atoms with Crippen LogP contribution in [0.4, 0.5) is 0 Å². The van der Waals surface area contributed by atoms with Gasteiger partial charge in [-0.3, -0.25) is 0 Å². The molecule has 0 aliphatic heterocycles. The minimum Gasteiger partial charge on any atom is -0.385 e. The highest BCUT2D eigenvalue weighted by Gasteiger charge is 2.24. The van der Waals surface area contributed by atoms with Gasteiger partial charge in [0.1, 0.15) is 0 Å². The van der Waals surface area contributed by atoms with Crippen LogP contribution in [0.1, 0.15) is 38.5 Å². The minimum atomic E-state index is 0.761. The average molecular weight is 287 g/mol. The molecule has 1 atom stereocenters. The predicted octanol–water partition coefficient (Wildman–Crippen LogP) is 2.47. The smallest absolute Gasteiger partial charge is 0.0587 e. The maximum absolute atomic E-state index is 5.72. The lowest BCUT2D eigenvalue weighted by molar-refractivity contribution is 0.0871. The standard InChI is InChI=1S/C16H33NO3/c1-18-10-5-11-20-12-8-16(14-17-9-13-19-2)15-6-3-4-7-15/h15-17H,3-14H2,1-2H3. The van der Waals surface area contributed by atoms with Gasteiger partial charge >= 0.3 is 0 Å². The van der Waals surface area contributed by atoms with Crippen molar-refractivity contribution in [3.8, 4) is 0 Å². The first-order valence-corrected chi connectivity index (χ1v) is 8.14. The number of hydrogen-bond donors (Lipinski definition) is 1. The van der Waals surface area contributed by atoms with Crippen molar-refractivity contribution < 1.29 is 14.2 Å². The second kappa shape index (κ2) is 12.6. The van der Waals surface area contributed by atoms with Crippen LogP contribution < -0.4 is 5.32 Å². The van der Waals surface area contributed by atoms with E-state index in [0.29, 0.717) is 0 Å². The molecule has 0 spiro atoms. The Morgan fingerprint density at radius 1 is 1.00 bits per heavy atom. The third kappa shape index (κ3) is 8.20. The van der Waals surface area contributed by atoms with Crippen molar-refractivity contribution in [3.63, 3.8) is 0 Å². The normalized spacial score (nSPS) is 17.7. The van der Waals surface area contributed by atoms with Gasteiger partial charge in [-0.15, -0.1) is 0 Å². The van der Waals surface area contributed by atoms with E-state index in [9.17, 15) is 0 Å². The Balaban J connectivity index is 2.13. The van der Waals surface area contributed by atoms with Crippen LogP contribution >= 0.6 is 0 Å². The maximum Gasteiger partial charge on any atom is 0.0587 e. The van der Waals surface area contributed by atoms with Gasteiger partial charge in [0.25, 0.3) is 0 Å². The van der Waals surface area contributed by atoms with Gasteiger partial charge in [-0.2, -0.15) is 0 Å². The van der Waals surface area contributed by atoms with Crippen molar-refractivity contribution in [2.45, 2.75) is 38.5 Å². The van der Waals surface area contributed by atoms with Crippen LogP contribution in [0.5, 0.6) is 0 Å². The molecule has 1 saturated carbocycles. The zero-order valence-electron chi connectivity index (χ0n) is 13.4. The molecule has 1 N–H and O–H groups in total. The maximum atomic E-state index is 5.72. The number of nitrogens with one attached hydrogen (secondary N) is 1. The highest BCUT2D eigenvalue weighted by Crippen LogP contribution is 2.32. The number of ether oxygens (including phenoxy) is 3. The zero-order valence-corrected chi connectivity index (χ0v) is 13.4. The largest absolute Gasteiger partial charge is 0.385 e. The van der Waals surface area contributed by atoms with Gasteiger partial charge in [0.05, 0.1) is 6.61 Å². The topological polar surface area (TPSA) is 39.7 Å². The highest BCUT2D eigenvalue weighted by molar-refractivity contribution is 4.77. The van der Waals surface area contributed by atoms with Crippen molar-refractivity contribution >= 4 is 0 Å². The van der Waals surface area contributed by atoms with E-state index >= 15 is 0 Å². The fraction of sp³-hybridized carbons (Fsp3) is 1.00. The quantitative estimate of drug-likeness (QED) is 0.528. The Kier molecular flexibility index (Phi) is 11.2. The molecule has 20 heavy (non-hydrogen) atoms. The van der Waals surface area contributed by atoms with E-state index in [1.807, 2.05) is 0 Å². The van der Waals surface area contributed by atoms with Crippen LogP contribution in [-0.4, -0.2) is 53.7 Å². The minimum absolute atomic E-state index is 0.761. The van der Waals surface area contributed by atoms with E-state index in [0.717, 1.165) is 57.8 Å². The van der Waals surface area contributed by atoms with Crippen LogP contribution in [-0.2, 0) is 14.2 Å². The molecular weight excluding hydrogens is 254 g/mol. The van der Waals surface area contributed by atoms with E-state index in [1.54, 1.807) is 14.2 Å². The lowest BCUT2D eigenvalue weighted by atomic mass is 9.88. The predicted molar refractivity (Wildman–Crippen MR) is 82.1 cm³/mol. The summed E-state index contributed by atoms with van der Waals surface area (Å²) in [4.78, 5) is 0. The van der Waals surface area contributed by atoms with Crippen LogP contribution in [0.15, 0.2) is 0 Å². The highest BCUT2D eigenvalue weighted by atomic mass is 16.5. The summed E-state index contributed by atoms with van der Waals surface area (Å²) in [6.07, 6.45) is 7.80. The van der Waals surface area contributed by atoms with Crippen LogP contribution in [0.3, 0.4) is 0 Å². The second-order valence-electron chi connectivity index (χ2n) is 5.75. The third-order valence-corrected chi connectivity index (χ3v) is 4.23. The van der Waals surface area contributed by atoms with E-state index in [1.165, 1.54) is 32.1 Å². The molecule has 4 heteroatoms. The van der Waals surface area contributed by atoms with Gasteiger partial charge in [-0.05, 0) is 31.2 Å². The lowest BCUT2D eigenvalue weighted by Gasteiger charge is -2.24. The molecule has 1 aliphatic carbocycles. The molecule has 0 radical (unpaired) electrons. The Morgan fingerprint density at radius 2 is 1.75 bits per heavy atom. The molecule has 0 aromatic heterocycles. The molecule has 0 aromatic carbocycles. The zero-order chi connectivity index (χ0) is 14.5. The van der Waals surface area contributed by atoms with Crippen molar-refractivity contribution in [1.29, 1.82) is 0 Å². The fourth-order valence-electron chi connectivity index (χ4n) is 3.04. The Morgan fingerprint density at radius 3 is 2.45 bits per heavy atom. The van der Waals surface area contributed by atoms with Crippen LogP contribution in [0.2, 0.25) is 0 Å². The van der Waals surface area contributed by atoms with Crippen molar-refractivity contribution in [2.24, 2.45) is 11.8 Å². The summed E-state index contributed by atoms with van der Waals surface area (Å²) in [5, 5.41) is 3.52. The molecule has 120 valence electrons. The molecular formula is C16H33NO3. The van der Waals surface area contributed by atoms with Gasteiger partial charge in [-0.25, -0.2) is 0 Å². The summed E-state index contributed by atoms with van der Waals surface area (Å²) in [5.74, 6) is 1.66. The molecule has 0 saturated heterocycles. The molecule has 0 amide bonds. The fourth-order valence-corrected chi connectivity index (χ4v) is 3.04. The summed E-state index contributed by atoms with van der Waals surface area (Å²) in [6.45, 7) is 5.36. The second-order valence-corrected chi connectivity index (χ2v) is 5.75. The summed E-state index contributed by atoms with van der Waals surface area (Å²) in [5.41, 5.74) is 0. The molecule has 1 aliphatic rings. The van der Waals surface area contributed by atoms with Gasteiger partial charge < -0.3 is 19.5 Å². The molecule has 0 aromatic rings. The summed E-state index contributed by atoms with van der Waals surface area (Å²) in [7, 11) is 3.49. The molecule has 1 unspecified atom stereocenters. The average Bonchev–Trinajstić information content (AvgIpc) is 2.99. The van der Waals surface area contributed by atoms with E-state index in [4.69, 9.17) is 14.2 Å². The molecule has 0 bridgehead atoms. The van der Waals surface area contributed by atoms with E-state index in [2.05, 4.69) is 5.32 Å². The first-order valence-electron chi connectivity index (χ1n) is 8.14. The SMILES string of the molecule is COCCCOCCC(CNCCOC)C1CCCC1. The Hall–Kier alpha value is -0.160. The summed E-state index contributed by atoms with van der Waals surface area (Å²) < 4.78 is 15.8. The lowest BCUT2D eigenvalue weighted by Crippen LogP contribution is -2.30. The van der Waals surface area contributed by atoms with Crippen molar-refractivity contribution in [3.05, 3.63) is 0 Å². The molecule has 1 rings (SSSR count).